The number of pyridine rings is 1. The second-order valence-corrected chi connectivity index (χ2v) is 3.20. The highest BCUT2D eigenvalue weighted by Gasteiger charge is 1.99. The molecule has 0 bridgehead atoms. The van der Waals surface area contributed by atoms with Gasteiger partial charge in [-0.1, -0.05) is 12.1 Å². The molecule has 0 aliphatic rings. The Morgan fingerprint density at radius 2 is 2.06 bits per heavy atom. The molecule has 1 N–H and O–H groups in total. The van der Waals surface area contributed by atoms with Crippen LogP contribution in [0.1, 0.15) is 0 Å². The molecule has 0 aliphatic heterocycles. The molecule has 80 valence electrons. The molecule has 17 heavy (non-hydrogen) atoms. The highest BCUT2D eigenvalue weighted by molar-refractivity contribution is 6.10. The minimum atomic E-state index is -0.212. The first-order valence-electron chi connectivity index (χ1n) is 4.82. The number of hydrogen-bond acceptors (Lipinski definition) is 5. The van der Waals surface area contributed by atoms with Crippen LogP contribution < -0.4 is 5.43 Å². The highest BCUT2D eigenvalue weighted by atomic mass is 15.3. The smallest absolute Gasteiger partial charge is 0.237 e. The Balaban J connectivity index is 2.41. The van der Waals surface area contributed by atoms with E-state index in [1.807, 2.05) is 24.3 Å². The van der Waals surface area contributed by atoms with Crippen molar-refractivity contribution in [3.05, 3.63) is 36.7 Å². The lowest BCUT2D eigenvalue weighted by Gasteiger charge is -2.04. The largest absolute Gasteiger partial charge is 0.276 e. The van der Waals surface area contributed by atoms with Crippen molar-refractivity contribution in [1.29, 1.82) is 10.5 Å². The molecule has 1 heterocycles. The third-order valence-corrected chi connectivity index (χ3v) is 2.18. The Hall–Kier alpha value is -2.92. The van der Waals surface area contributed by atoms with E-state index < -0.39 is 0 Å². The Morgan fingerprint density at radius 3 is 2.82 bits per heavy atom. The summed E-state index contributed by atoms with van der Waals surface area (Å²) in [7, 11) is 0. The molecular formula is C12H7N5. The van der Waals surface area contributed by atoms with E-state index in [1.165, 1.54) is 0 Å². The van der Waals surface area contributed by atoms with Crippen LogP contribution in [0.3, 0.4) is 0 Å². The second kappa shape index (κ2) is 4.73. The topological polar surface area (TPSA) is 84.9 Å². The molecule has 0 radical (unpaired) electrons. The fourth-order valence-electron chi connectivity index (χ4n) is 1.41. The molecule has 2 aromatic rings. The third kappa shape index (κ3) is 2.19. The first-order chi connectivity index (χ1) is 8.35. The molecule has 0 saturated carbocycles. The van der Waals surface area contributed by atoms with Crippen LogP contribution in [-0.4, -0.2) is 10.7 Å². The van der Waals surface area contributed by atoms with Gasteiger partial charge in [-0.3, -0.25) is 10.4 Å². The summed E-state index contributed by atoms with van der Waals surface area (Å²) >= 11 is 0. The molecule has 1 aromatic heterocycles. The fourth-order valence-corrected chi connectivity index (χ4v) is 1.41. The van der Waals surface area contributed by atoms with E-state index in [0.717, 1.165) is 16.5 Å². The maximum atomic E-state index is 8.56. The van der Waals surface area contributed by atoms with E-state index in [4.69, 9.17) is 10.5 Å². The molecule has 2 rings (SSSR count). The van der Waals surface area contributed by atoms with Gasteiger partial charge in [-0.15, -0.1) is 0 Å². The number of anilines is 1. The van der Waals surface area contributed by atoms with Gasteiger partial charge in [0.05, 0.1) is 5.69 Å². The molecule has 0 spiro atoms. The number of hydrogen-bond donors (Lipinski definition) is 1. The van der Waals surface area contributed by atoms with Crippen LogP contribution in [-0.2, 0) is 0 Å². The summed E-state index contributed by atoms with van der Waals surface area (Å²) in [6, 6.07) is 10.8. The second-order valence-electron chi connectivity index (χ2n) is 3.20. The first-order valence-corrected chi connectivity index (χ1v) is 4.82. The molecule has 5 heteroatoms. The van der Waals surface area contributed by atoms with Crippen LogP contribution in [0.25, 0.3) is 10.8 Å². The number of hydrazone groups is 1. The van der Waals surface area contributed by atoms with Gasteiger partial charge < -0.3 is 0 Å². The van der Waals surface area contributed by atoms with Crippen molar-refractivity contribution in [2.45, 2.75) is 0 Å². The number of rotatable bonds is 2. The molecule has 0 fully saturated rings. The summed E-state index contributed by atoms with van der Waals surface area (Å²) in [5.74, 6) is 0. The van der Waals surface area contributed by atoms with E-state index >= 15 is 0 Å². The van der Waals surface area contributed by atoms with E-state index in [9.17, 15) is 0 Å². The molecular weight excluding hydrogens is 214 g/mol. The number of nitrogens with one attached hydrogen (secondary N) is 1. The minimum absolute atomic E-state index is 0.212. The molecule has 0 aliphatic carbocycles. The van der Waals surface area contributed by atoms with Gasteiger partial charge in [-0.2, -0.15) is 15.6 Å². The van der Waals surface area contributed by atoms with Crippen LogP contribution in [0.5, 0.6) is 0 Å². The summed E-state index contributed by atoms with van der Waals surface area (Å²) in [4.78, 5) is 4.01. The average molecular weight is 221 g/mol. The lowest BCUT2D eigenvalue weighted by atomic mass is 10.1. The third-order valence-electron chi connectivity index (χ3n) is 2.18. The molecule has 0 saturated heterocycles. The van der Waals surface area contributed by atoms with Gasteiger partial charge in [0.25, 0.3) is 0 Å². The van der Waals surface area contributed by atoms with Crippen molar-refractivity contribution in [3.63, 3.8) is 0 Å². The highest BCUT2D eigenvalue weighted by Crippen LogP contribution is 2.21. The molecule has 0 atom stereocenters. The number of fused-ring (bicyclic) bond motifs is 1. The van der Waals surface area contributed by atoms with Gasteiger partial charge in [0.2, 0.25) is 5.71 Å². The predicted molar refractivity (Wildman–Crippen MR) is 64.0 cm³/mol. The summed E-state index contributed by atoms with van der Waals surface area (Å²) in [5.41, 5.74) is 3.22. The Kier molecular flexibility index (Phi) is 2.95. The van der Waals surface area contributed by atoms with Crippen LogP contribution in [0, 0.1) is 22.7 Å². The van der Waals surface area contributed by atoms with Crippen molar-refractivity contribution in [1.82, 2.24) is 4.98 Å². The van der Waals surface area contributed by atoms with Gasteiger partial charge >= 0.3 is 0 Å². The summed E-state index contributed by atoms with van der Waals surface area (Å²) < 4.78 is 0. The maximum Gasteiger partial charge on any atom is 0.237 e. The van der Waals surface area contributed by atoms with Gasteiger partial charge in [-0.05, 0) is 12.1 Å². The summed E-state index contributed by atoms with van der Waals surface area (Å²) in [6.07, 6.45) is 3.41. The van der Waals surface area contributed by atoms with Crippen molar-refractivity contribution in [3.8, 4) is 12.1 Å². The van der Waals surface area contributed by atoms with Crippen molar-refractivity contribution < 1.29 is 0 Å². The minimum Gasteiger partial charge on any atom is -0.276 e. The van der Waals surface area contributed by atoms with E-state index in [2.05, 4.69) is 15.5 Å². The number of aromatic nitrogens is 1. The SMILES string of the molecule is N#CC(C#N)=NNc1cccc2cnccc12. The standard InChI is InChI=1S/C12H7N5/c13-6-10(7-14)16-17-12-3-1-2-9-8-15-5-4-11(9)12/h1-5,8,17H. The molecule has 1 aromatic carbocycles. The van der Waals surface area contributed by atoms with Crippen LogP contribution in [0.2, 0.25) is 0 Å². The van der Waals surface area contributed by atoms with Gasteiger partial charge in [-0.25, -0.2) is 0 Å². The van der Waals surface area contributed by atoms with Gasteiger partial charge in [0, 0.05) is 23.2 Å². The average Bonchev–Trinajstić information content (AvgIpc) is 2.40. The number of nitrogens with zero attached hydrogens (tertiary/aromatic N) is 4. The maximum absolute atomic E-state index is 8.56. The zero-order valence-electron chi connectivity index (χ0n) is 8.75. The Bertz CT molecular complexity index is 639. The number of benzene rings is 1. The zero-order valence-corrected chi connectivity index (χ0v) is 8.75. The van der Waals surface area contributed by atoms with Crippen LogP contribution in [0.15, 0.2) is 41.8 Å². The Labute approximate surface area is 97.6 Å². The normalized spacial score (nSPS) is 9.06. The van der Waals surface area contributed by atoms with Gasteiger partial charge in [0.1, 0.15) is 12.1 Å². The predicted octanol–water partition coefficient (Wildman–Crippen LogP) is 2.05. The van der Waals surface area contributed by atoms with Crippen molar-refractivity contribution in [2.75, 3.05) is 5.43 Å². The molecule has 5 nitrogen and oxygen atoms in total. The van der Waals surface area contributed by atoms with Crippen molar-refractivity contribution >= 4 is 22.2 Å². The van der Waals surface area contributed by atoms with Crippen LogP contribution in [0.4, 0.5) is 5.69 Å². The lowest BCUT2D eigenvalue weighted by Crippen LogP contribution is -1.96. The summed E-state index contributed by atoms with van der Waals surface area (Å²) in [6.45, 7) is 0. The fraction of sp³-hybridized carbons (Fsp3) is 0. The molecule has 0 amide bonds. The van der Waals surface area contributed by atoms with Crippen molar-refractivity contribution in [2.24, 2.45) is 5.10 Å². The van der Waals surface area contributed by atoms with E-state index in [0.29, 0.717) is 0 Å². The molecule has 0 unspecified atom stereocenters. The summed E-state index contributed by atoms with van der Waals surface area (Å²) in [5, 5.41) is 22.7. The zero-order chi connectivity index (χ0) is 12.1. The first kappa shape index (κ1) is 10.6. The Morgan fingerprint density at radius 1 is 1.24 bits per heavy atom. The lowest BCUT2D eigenvalue weighted by molar-refractivity contribution is 1.33. The van der Waals surface area contributed by atoms with E-state index in [-0.39, 0.29) is 5.71 Å². The van der Waals surface area contributed by atoms with Gasteiger partial charge in [0.15, 0.2) is 0 Å². The van der Waals surface area contributed by atoms with E-state index in [1.54, 1.807) is 24.5 Å². The van der Waals surface area contributed by atoms with Crippen LogP contribution >= 0.6 is 0 Å². The number of nitriles is 2. The quantitative estimate of drug-likeness (QED) is 0.621. The monoisotopic (exact) mass is 221 g/mol.